The summed E-state index contributed by atoms with van der Waals surface area (Å²) in [5.74, 6) is 0.928. The zero-order valence-electron chi connectivity index (χ0n) is 12.2. The lowest BCUT2D eigenvalue weighted by Gasteiger charge is -2.23. The van der Waals surface area contributed by atoms with Crippen molar-refractivity contribution in [2.45, 2.75) is 24.5 Å². The Hall–Kier alpha value is -1.25. The van der Waals surface area contributed by atoms with E-state index in [2.05, 4.69) is 14.9 Å². The molecule has 0 radical (unpaired) electrons. The molecule has 0 bridgehead atoms. The smallest absolute Gasteiger partial charge is 0.217 e. The number of anilines is 1. The van der Waals surface area contributed by atoms with Crippen molar-refractivity contribution in [3.8, 4) is 0 Å². The first-order chi connectivity index (χ1) is 10.7. The fourth-order valence-electron chi connectivity index (χ4n) is 2.97. The van der Waals surface area contributed by atoms with Gasteiger partial charge in [-0.05, 0) is 30.7 Å². The molecule has 2 fully saturated rings. The molecule has 2 aromatic heterocycles. The number of thiophene rings is 1. The van der Waals surface area contributed by atoms with Gasteiger partial charge >= 0.3 is 0 Å². The summed E-state index contributed by atoms with van der Waals surface area (Å²) in [5.41, 5.74) is 0. The SMILES string of the molecule is O=S(=O)(C1CC1)N1CCCN(c2ncnc3sccc23)CC1. The van der Waals surface area contributed by atoms with Crippen molar-refractivity contribution in [1.82, 2.24) is 14.3 Å². The van der Waals surface area contributed by atoms with Gasteiger partial charge in [-0.1, -0.05) is 0 Å². The molecule has 4 rings (SSSR count). The number of sulfonamides is 1. The Labute approximate surface area is 133 Å². The largest absolute Gasteiger partial charge is 0.355 e. The molecule has 2 aliphatic rings. The van der Waals surface area contributed by atoms with E-state index in [0.29, 0.717) is 19.6 Å². The van der Waals surface area contributed by atoms with Gasteiger partial charge in [0.05, 0.1) is 10.6 Å². The van der Waals surface area contributed by atoms with Crippen molar-refractivity contribution in [2.24, 2.45) is 0 Å². The molecule has 6 nitrogen and oxygen atoms in total. The number of nitrogens with zero attached hydrogens (tertiary/aromatic N) is 4. The van der Waals surface area contributed by atoms with E-state index in [-0.39, 0.29) is 5.25 Å². The number of hydrogen-bond acceptors (Lipinski definition) is 6. The van der Waals surface area contributed by atoms with Crippen LogP contribution in [0, 0.1) is 0 Å². The maximum absolute atomic E-state index is 12.4. The van der Waals surface area contributed by atoms with Crippen molar-refractivity contribution in [2.75, 3.05) is 31.1 Å². The molecular formula is C14H18N4O2S2. The van der Waals surface area contributed by atoms with Crippen LogP contribution in [-0.2, 0) is 10.0 Å². The second-order valence-electron chi connectivity index (χ2n) is 5.82. The van der Waals surface area contributed by atoms with Gasteiger partial charge in [-0.15, -0.1) is 11.3 Å². The molecule has 22 heavy (non-hydrogen) atoms. The van der Waals surface area contributed by atoms with Crippen LogP contribution in [0.5, 0.6) is 0 Å². The Morgan fingerprint density at radius 1 is 1.14 bits per heavy atom. The summed E-state index contributed by atoms with van der Waals surface area (Å²) < 4.78 is 26.5. The molecule has 3 heterocycles. The quantitative estimate of drug-likeness (QED) is 0.852. The highest BCUT2D eigenvalue weighted by Gasteiger charge is 2.40. The maximum atomic E-state index is 12.4. The summed E-state index contributed by atoms with van der Waals surface area (Å²) in [5, 5.41) is 2.96. The van der Waals surface area contributed by atoms with Gasteiger partial charge in [0.1, 0.15) is 17.0 Å². The van der Waals surface area contributed by atoms with Crippen molar-refractivity contribution in [3.05, 3.63) is 17.8 Å². The Morgan fingerprint density at radius 3 is 2.82 bits per heavy atom. The van der Waals surface area contributed by atoms with Crippen LogP contribution in [-0.4, -0.2) is 54.1 Å². The van der Waals surface area contributed by atoms with Crippen LogP contribution >= 0.6 is 11.3 Å². The van der Waals surface area contributed by atoms with Gasteiger partial charge < -0.3 is 4.90 Å². The van der Waals surface area contributed by atoms with Crippen LogP contribution in [0.4, 0.5) is 5.82 Å². The van der Waals surface area contributed by atoms with Crippen LogP contribution in [0.15, 0.2) is 17.8 Å². The van der Waals surface area contributed by atoms with E-state index >= 15 is 0 Å². The predicted molar refractivity (Wildman–Crippen MR) is 87.8 cm³/mol. The third-order valence-corrected chi connectivity index (χ3v) is 7.52. The molecule has 0 aromatic carbocycles. The minimum Gasteiger partial charge on any atom is -0.355 e. The van der Waals surface area contributed by atoms with Crippen LogP contribution in [0.25, 0.3) is 10.2 Å². The molecule has 1 aliphatic carbocycles. The maximum Gasteiger partial charge on any atom is 0.217 e. The zero-order valence-corrected chi connectivity index (χ0v) is 13.8. The standard InChI is InChI=1S/C14H18N4O2S2/c19-22(20,11-2-3-11)18-6-1-5-17(7-8-18)13-12-4-9-21-14(12)16-10-15-13/h4,9-11H,1-3,5-8H2. The number of fused-ring (bicyclic) bond motifs is 1. The number of rotatable bonds is 3. The summed E-state index contributed by atoms with van der Waals surface area (Å²) in [6.45, 7) is 2.69. The van der Waals surface area contributed by atoms with Crippen molar-refractivity contribution in [1.29, 1.82) is 0 Å². The molecule has 1 aliphatic heterocycles. The Balaban J connectivity index is 1.57. The van der Waals surface area contributed by atoms with Crippen LogP contribution < -0.4 is 4.90 Å². The molecule has 2 aromatic rings. The van der Waals surface area contributed by atoms with E-state index in [1.807, 2.05) is 11.4 Å². The third kappa shape index (κ3) is 2.49. The van der Waals surface area contributed by atoms with E-state index in [4.69, 9.17) is 0 Å². The first-order valence-electron chi connectivity index (χ1n) is 7.58. The Kier molecular flexibility index (Phi) is 3.54. The second-order valence-corrected chi connectivity index (χ2v) is 8.93. The van der Waals surface area contributed by atoms with Gasteiger partial charge in [-0.3, -0.25) is 0 Å². The average molecular weight is 338 g/mol. The monoisotopic (exact) mass is 338 g/mol. The minimum absolute atomic E-state index is 0.123. The fourth-order valence-corrected chi connectivity index (χ4v) is 5.57. The van der Waals surface area contributed by atoms with Crippen molar-refractivity contribution in [3.63, 3.8) is 0 Å². The fraction of sp³-hybridized carbons (Fsp3) is 0.571. The molecule has 1 saturated heterocycles. The highest BCUT2D eigenvalue weighted by atomic mass is 32.2. The summed E-state index contributed by atoms with van der Waals surface area (Å²) in [6, 6.07) is 2.04. The van der Waals surface area contributed by atoms with E-state index in [1.54, 1.807) is 22.0 Å². The third-order valence-electron chi connectivity index (χ3n) is 4.30. The van der Waals surface area contributed by atoms with Gasteiger partial charge in [-0.25, -0.2) is 18.4 Å². The number of aromatic nitrogens is 2. The lowest BCUT2D eigenvalue weighted by atomic mass is 10.3. The molecular weight excluding hydrogens is 320 g/mol. The highest BCUT2D eigenvalue weighted by Crippen LogP contribution is 2.32. The lowest BCUT2D eigenvalue weighted by molar-refractivity contribution is 0.432. The molecule has 0 spiro atoms. The summed E-state index contributed by atoms with van der Waals surface area (Å²) >= 11 is 1.60. The van der Waals surface area contributed by atoms with Gasteiger partial charge in [-0.2, -0.15) is 4.31 Å². The van der Waals surface area contributed by atoms with Crippen molar-refractivity contribution < 1.29 is 8.42 Å². The lowest BCUT2D eigenvalue weighted by Crippen LogP contribution is -2.37. The molecule has 0 N–H and O–H groups in total. The van der Waals surface area contributed by atoms with Gasteiger partial charge in [0, 0.05) is 26.2 Å². The summed E-state index contributed by atoms with van der Waals surface area (Å²) in [6.07, 6.45) is 4.08. The summed E-state index contributed by atoms with van der Waals surface area (Å²) in [4.78, 5) is 11.9. The van der Waals surface area contributed by atoms with Crippen molar-refractivity contribution >= 4 is 37.4 Å². The number of hydrogen-bond donors (Lipinski definition) is 0. The molecule has 0 amide bonds. The average Bonchev–Trinajstić information content (AvgIpc) is 3.30. The molecule has 0 atom stereocenters. The first-order valence-corrected chi connectivity index (χ1v) is 9.96. The molecule has 1 saturated carbocycles. The Morgan fingerprint density at radius 2 is 2.00 bits per heavy atom. The van der Waals surface area contributed by atoms with Crippen LogP contribution in [0.1, 0.15) is 19.3 Å². The first kappa shape index (κ1) is 14.3. The van der Waals surface area contributed by atoms with Crippen LogP contribution in [0.2, 0.25) is 0 Å². The van der Waals surface area contributed by atoms with E-state index < -0.39 is 10.0 Å². The topological polar surface area (TPSA) is 66.4 Å². The van der Waals surface area contributed by atoms with Crippen LogP contribution in [0.3, 0.4) is 0 Å². The van der Waals surface area contributed by atoms with E-state index in [0.717, 1.165) is 41.8 Å². The Bertz CT molecular complexity index is 785. The predicted octanol–water partition coefficient (Wildman–Crippen LogP) is 1.70. The zero-order chi connectivity index (χ0) is 15.2. The molecule has 8 heteroatoms. The summed E-state index contributed by atoms with van der Waals surface area (Å²) in [7, 11) is -3.07. The highest BCUT2D eigenvalue weighted by molar-refractivity contribution is 7.90. The molecule has 0 unspecified atom stereocenters. The van der Waals surface area contributed by atoms with Gasteiger partial charge in [0.2, 0.25) is 10.0 Å². The second kappa shape index (κ2) is 5.43. The van der Waals surface area contributed by atoms with E-state index in [1.165, 1.54) is 0 Å². The normalized spacial score (nSPS) is 21.2. The van der Waals surface area contributed by atoms with Gasteiger partial charge in [0.25, 0.3) is 0 Å². The van der Waals surface area contributed by atoms with Gasteiger partial charge in [0.15, 0.2) is 0 Å². The van der Waals surface area contributed by atoms with E-state index in [9.17, 15) is 8.42 Å². The minimum atomic E-state index is -3.07. The molecule has 118 valence electrons.